The van der Waals surface area contributed by atoms with Gasteiger partial charge in [-0.05, 0) is 38.1 Å². The number of hydrogen-bond donors (Lipinski definition) is 1. The fourth-order valence-corrected chi connectivity index (χ4v) is 4.05. The van der Waals surface area contributed by atoms with Gasteiger partial charge in [0.2, 0.25) is 0 Å². The van der Waals surface area contributed by atoms with Crippen LogP contribution in [-0.4, -0.2) is 48.0 Å². The predicted molar refractivity (Wildman–Crippen MR) is 83.0 cm³/mol. The molecule has 3 rings (SSSR count). The molecule has 0 atom stereocenters. The Labute approximate surface area is 132 Å². The minimum atomic E-state index is -3.41. The van der Waals surface area contributed by atoms with Crippen molar-refractivity contribution in [3.05, 3.63) is 12.5 Å². The van der Waals surface area contributed by atoms with E-state index in [0.717, 1.165) is 25.3 Å². The van der Waals surface area contributed by atoms with E-state index in [9.17, 15) is 8.42 Å². The highest BCUT2D eigenvalue weighted by Crippen LogP contribution is 2.28. The highest BCUT2D eigenvalue weighted by Gasteiger charge is 2.31. The molecule has 1 aromatic rings. The SMILES string of the molecule is Cl.Cn1cnc(S(=O)(=O)N2CCC(NCC3CC3)CC2)c1. The molecule has 1 saturated heterocycles. The van der Waals surface area contributed by atoms with Crippen molar-refractivity contribution in [2.45, 2.75) is 36.8 Å². The van der Waals surface area contributed by atoms with E-state index in [-0.39, 0.29) is 17.4 Å². The molecule has 2 heterocycles. The van der Waals surface area contributed by atoms with Crippen LogP contribution in [0.2, 0.25) is 0 Å². The first-order valence-corrected chi connectivity index (χ1v) is 8.71. The van der Waals surface area contributed by atoms with Gasteiger partial charge in [-0.2, -0.15) is 4.31 Å². The van der Waals surface area contributed by atoms with Crippen molar-refractivity contribution >= 4 is 22.4 Å². The van der Waals surface area contributed by atoms with E-state index >= 15 is 0 Å². The molecule has 6 nitrogen and oxygen atoms in total. The van der Waals surface area contributed by atoms with Gasteiger partial charge >= 0.3 is 0 Å². The van der Waals surface area contributed by atoms with Crippen LogP contribution in [0.1, 0.15) is 25.7 Å². The summed E-state index contributed by atoms with van der Waals surface area (Å²) in [7, 11) is -1.63. The molecular weight excluding hydrogens is 312 g/mol. The first-order chi connectivity index (χ1) is 9.55. The summed E-state index contributed by atoms with van der Waals surface area (Å²) in [6, 6.07) is 0.464. The number of hydrogen-bond acceptors (Lipinski definition) is 4. The van der Waals surface area contributed by atoms with Crippen molar-refractivity contribution < 1.29 is 8.42 Å². The van der Waals surface area contributed by atoms with Gasteiger partial charge in [-0.3, -0.25) is 0 Å². The smallest absolute Gasteiger partial charge is 0.262 e. The molecule has 1 saturated carbocycles. The van der Waals surface area contributed by atoms with Crippen LogP contribution in [0, 0.1) is 5.92 Å². The predicted octanol–water partition coefficient (Wildman–Crippen LogP) is 0.995. The summed E-state index contributed by atoms with van der Waals surface area (Å²) < 4.78 is 28.0. The summed E-state index contributed by atoms with van der Waals surface area (Å²) in [5.74, 6) is 0.866. The maximum atomic E-state index is 12.4. The van der Waals surface area contributed by atoms with Gasteiger partial charge in [-0.15, -0.1) is 12.4 Å². The average molecular weight is 335 g/mol. The highest BCUT2D eigenvalue weighted by atomic mass is 35.5. The van der Waals surface area contributed by atoms with Crippen LogP contribution in [0.25, 0.3) is 0 Å². The van der Waals surface area contributed by atoms with Crippen LogP contribution in [0.3, 0.4) is 0 Å². The zero-order valence-electron chi connectivity index (χ0n) is 12.2. The molecule has 0 bridgehead atoms. The van der Waals surface area contributed by atoms with Crippen molar-refractivity contribution in [3.8, 4) is 0 Å². The van der Waals surface area contributed by atoms with Gasteiger partial charge in [0.15, 0.2) is 5.03 Å². The zero-order valence-corrected chi connectivity index (χ0v) is 13.9. The number of aromatic nitrogens is 2. The van der Waals surface area contributed by atoms with Crippen LogP contribution < -0.4 is 5.32 Å². The molecular formula is C13H23ClN4O2S. The van der Waals surface area contributed by atoms with E-state index in [0.29, 0.717) is 19.1 Å². The van der Waals surface area contributed by atoms with Crippen molar-refractivity contribution in [1.82, 2.24) is 19.2 Å². The third kappa shape index (κ3) is 3.97. The lowest BCUT2D eigenvalue weighted by Crippen LogP contribution is -2.45. The lowest BCUT2D eigenvalue weighted by Gasteiger charge is -2.31. The number of sulfonamides is 1. The Kier molecular flexibility index (Phi) is 5.29. The molecule has 1 aromatic heterocycles. The Hall–Kier alpha value is -0.630. The fraction of sp³-hybridized carbons (Fsp3) is 0.769. The minimum Gasteiger partial charge on any atom is -0.339 e. The fourth-order valence-electron chi connectivity index (χ4n) is 2.61. The van der Waals surface area contributed by atoms with Gasteiger partial charge in [0.05, 0.1) is 6.33 Å². The quantitative estimate of drug-likeness (QED) is 0.872. The summed E-state index contributed by atoms with van der Waals surface area (Å²) in [6.07, 6.45) is 7.56. The molecule has 1 aliphatic heterocycles. The van der Waals surface area contributed by atoms with Gasteiger partial charge in [0.1, 0.15) is 0 Å². The maximum Gasteiger partial charge on any atom is 0.262 e. The maximum absolute atomic E-state index is 12.4. The molecule has 2 aliphatic rings. The normalized spacial score (nSPS) is 21.2. The Morgan fingerprint density at radius 3 is 2.48 bits per heavy atom. The lowest BCUT2D eigenvalue weighted by atomic mass is 10.1. The Morgan fingerprint density at radius 2 is 1.95 bits per heavy atom. The van der Waals surface area contributed by atoms with Gasteiger partial charge in [-0.1, -0.05) is 0 Å². The number of piperidine rings is 1. The lowest BCUT2D eigenvalue weighted by molar-refractivity contribution is 0.287. The van der Waals surface area contributed by atoms with Crippen molar-refractivity contribution in [1.29, 1.82) is 0 Å². The molecule has 0 amide bonds. The Morgan fingerprint density at radius 1 is 1.29 bits per heavy atom. The first-order valence-electron chi connectivity index (χ1n) is 7.27. The monoisotopic (exact) mass is 334 g/mol. The summed E-state index contributed by atoms with van der Waals surface area (Å²) in [5.41, 5.74) is 0. The molecule has 0 spiro atoms. The van der Waals surface area contributed by atoms with E-state index in [1.54, 1.807) is 22.1 Å². The van der Waals surface area contributed by atoms with Gasteiger partial charge in [-0.25, -0.2) is 13.4 Å². The molecule has 8 heteroatoms. The van der Waals surface area contributed by atoms with Crippen LogP contribution in [0.15, 0.2) is 17.6 Å². The molecule has 0 aromatic carbocycles. The Balaban J connectivity index is 0.00000161. The molecule has 0 radical (unpaired) electrons. The minimum absolute atomic E-state index is 0. The van der Waals surface area contributed by atoms with Crippen LogP contribution >= 0.6 is 12.4 Å². The average Bonchev–Trinajstić information content (AvgIpc) is 3.17. The zero-order chi connectivity index (χ0) is 14.2. The molecule has 0 unspecified atom stereocenters. The molecule has 21 heavy (non-hydrogen) atoms. The van der Waals surface area contributed by atoms with Crippen LogP contribution in [0.4, 0.5) is 0 Å². The third-order valence-corrected chi connectivity index (χ3v) is 5.92. The molecule has 120 valence electrons. The summed E-state index contributed by atoms with van der Waals surface area (Å²) in [6.45, 7) is 2.26. The van der Waals surface area contributed by atoms with Crippen molar-refractivity contribution in [3.63, 3.8) is 0 Å². The number of nitrogens with one attached hydrogen (secondary N) is 1. The van der Waals surface area contributed by atoms with Crippen LogP contribution in [-0.2, 0) is 17.1 Å². The van der Waals surface area contributed by atoms with Gasteiger partial charge < -0.3 is 9.88 Å². The second-order valence-corrected chi connectivity index (χ2v) is 7.79. The number of aryl methyl sites for hydroxylation is 1. The van der Waals surface area contributed by atoms with Crippen LogP contribution in [0.5, 0.6) is 0 Å². The summed E-state index contributed by atoms with van der Waals surface area (Å²) >= 11 is 0. The van der Waals surface area contributed by atoms with E-state index < -0.39 is 10.0 Å². The Bertz CT molecular complexity index is 562. The highest BCUT2D eigenvalue weighted by molar-refractivity contribution is 7.89. The molecule has 1 N–H and O–H groups in total. The van der Waals surface area contributed by atoms with Gasteiger partial charge in [0, 0.05) is 32.4 Å². The number of rotatable bonds is 5. The first kappa shape index (κ1) is 16.7. The topological polar surface area (TPSA) is 67.2 Å². The number of halogens is 1. The van der Waals surface area contributed by atoms with E-state index in [2.05, 4.69) is 10.3 Å². The number of nitrogens with zero attached hydrogens (tertiary/aromatic N) is 3. The van der Waals surface area contributed by atoms with Crippen molar-refractivity contribution in [2.75, 3.05) is 19.6 Å². The molecule has 2 fully saturated rings. The third-order valence-electron chi connectivity index (χ3n) is 4.13. The second-order valence-electron chi connectivity index (χ2n) is 5.91. The standard InChI is InChI=1S/C13H22N4O2S.ClH/c1-16-9-13(15-10-16)20(18,19)17-6-4-12(5-7-17)14-8-11-2-3-11;/h9-12,14H,2-8H2,1H3;1H. The van der Waals surface area contributed by atoms with E-state index in [1.165, 1.54) is 19.2 Å². The van der Waals surface area contributed by atoms with E-state index in [4.69, 9.17) is 0 Å². The van der Waals surface area contributed by atoms with Gasteiger partial charge in [0.25, 0.3) is 10.0 Å². The summed E-state index contributed by atoms with van der Waals surface area (Å²) in [4.78, 5) is 3.97. The largest absolute Gasteiger partial charge is 0.339 e. The van der Waals surface area contributed by atoms with Crippen molar-refractivity contribution in [2.24, 2.45) is 13.0 Å². The summed E-state index contributed by atoms with van der Waals surface area (Å²) in [5, 5.41) is 3.72. The second kappa shape index (κ2) is 6.64. The number of imidazole rings is 1. The van der Waals surface area contributed by atoms with E-state index in [1.807, 2.05) is 0 Å². The molecule has 1 aliphatic carbocycles.